The molecule has 0 bridgehead atoms. The molecular weight excluding hydrogens is 553 g/mol. The van der Waals surface area contributed by atoms with Gasteiger partial charge in [0.2, 0.25) is 5.91 Å². The van der Waals surface area contributed by atoms with E-state index in [1.54, 1.807) is 19.1 Å². The van der Waals surface area contributed by atoms with E-state index in [4.69, 9.17) is 10.5 Å². The molecule has 0 fully saturated rings. The molecular formula is C28H32IN3O3. The van der Waals surface area contributed by atoms with Crippen LogP contribution in [0, 0.1) is 3.57 Å². The number of nitrogens with one attached hydrogen (secondary N) is 2. The number of carbonyl (C=O) groups is 2. The Morgan fingerprint density at radius 3 is 2.20 bits per heavy atom. The minimum atomic E-state index is -0.619. The molecule has 0 aliphatic carbocycles. The molecule has 0 saturated heterocycles. The summed E-state index contributed by atoms with van der Waals surface area (Å²) in [5, 5.41) is 5.91. The fraction of sp³-hybridized carbons (Fsp3) is 0.286. The molecule has 4 N–H and O–H groups in total. The molecule has 0 spiro atoms. The second-order valence-electron chi connectivity index (χ2n) is 8.78. The standard InChI is InChI=1S/C28H32IN3O3/c1-18(2)35-26-14-13-23(16-25(26)29)28(34)32-24(17-31-27(33)19(3)30)15-20-9-11-22(12-10-20)21-7-5-4-6-8-21/h4-14,16,18-19,24H,15,17,30H2,1-3H3,(H,31,33)(H,32,34)/t19-,24+/m1/s1. The third kappa shape index (κ3) is 8.07. The topological polar surface area (TPSA) is 93.5 Å². The van der Waals surface area contributed by atoms with E-state index < -0.39 is 6.04 Å². The number of halogens is 1. The largest absolute Gasteiger partial charge is 0.490 e. The first-order valence-corrected chi connectivity index (χ1v) is 12.8. The molecule has 0 heterocycles. The van der Waals surface area contributed by atoms with E-state index in [0.717, 1.165) is 26.0 Å². The van der Waals surface area contributed by atoms with Crippen LogP contribution in [-0.4, -0.2) is 36.5 Å². The summed E-state index contributed by atoms with van der Waals surface area (Å²) in [4.78, 5) is 25.1. The van der Waals surface area contributed by atoms with Gasteiger partial charge in [0.1, 0.15) is 5.75 Å². The molecule has 2 atom stereocenters. The highest BCUT2D eigenvalue weighted by Gasteiger charge is 2.18. The normalized spacial score (nSPS) is 12.6. The summed E-state index contributed by atoms with van der Waals surface area (Å²) in [7, 11) is 0. The van der Waals surface area contributed by atoms with Crippen molar-refractivity contribution in [1.29, 1.82) is 0 Å². The maximum Gasteiger partial charge on any atom is 0.251 e. The Morgan fingerprint density at radius 1 is 0.943 bits per heavy atom. The van der Waals surface area contributed by atoms with E-state index in [-0.39, 0.29) is 30.5 Å². The third-order valence-corrected chi connectivity index (χ3v) is 6.21. The average Bonchev–Trinajstić information content (AvgIpc) is 2.84. The van der Waals surface area contributed by atoms with Gasteiger partial charge in [-0.2, -0.15) is 0 Å². The van der Waals surface area contributed by atoms with Crippen LogP contribution in [0.15, 0.2) is 72.8 Å². The molecule has 0 aliphatic heterocycles. The van der Waals surface area contributed by atoms with E-state index in [1.807, 2.05) is 38.1 Å². The van der Waals surface area contributed by atoms with E-state index in [9.17, 15) is 9.59 Å². The summed E-state index contributed by atoms with van der Waals surface area (Å²) in [6.45, 7) is 5.83. The summed E-state index contributed by atoms with van der Waals surface area (Å²) >= 11 is 2.17. The van der Waals surface area contributed by atoms with Crippen molar-refractivity contribution in [3.8, 4) is 16.9 Å². The molecule has 3 aromatic carbocycles. The fourth-order valence-corrected chi connectivity index (χ4v) is 4.21. The molecule has 0 aromatic heterocycles. The van der Waals surface area contributed by atoms with Gasteiger partial charge < -0.3 is 21.1 Å². The van der Waals surface area contributed by atoms with Crippen molar-refractivity contribution in [3.63, 3.8) is 0 Å². The van der Waals surface area contributed by atoms with Gasteiger partial charge in [-0.15, -0.1) is 0 Å². The highest BCUT2D eigenvalue weighted by Crippen LogP contribution is 2.23. The van der Waals surface area contributed by atoms with Crippen molar-refractivity contribution < 1.29 is 14.3 Å². The summed E-state index contributed by atoms with van der Waals surface area (Å²) in [6.07, 6.45) is 0.612. The smallest absolute Gasteiger partial charge is 0.251 e. The lowest BCUT2D eigenvalue weighted by Gasteiger charge is -2.21. The Bertz CT molecular complexity index is 1130. The SMILES string of the molecule is CC(C)Oc1ccc(C(=O)N[C@H](CNC(=O)[C@@H](C)N)Cc2ccc(-c3ccccc3)cc2)cc1I. The van der Waals surface area contributed by atoms with Crippen LogP contribution in [0.4, 0.5) is 0 Å². The van der Waals surface area contributed by atoms with Crippen LogP contribution < -0.4 is 21.1 Å². The van der Waals surface area contributed by atoms with E-state index >= 15 is 0 Å². The first kappa shape index (κ1) is 26.7. The Hall–Kier alpha value is -2.91. The van der Waals surface area contributed by atoms with Crippen LogP contribution in [-0.2, 0) is 11.2 Å². The third-order valence-electron chi connectivity index (χ3n) is 5.37. The van der Waals surface area contributed by atoms with Gasteiger partial charge >= 0.3 is 0 Å². The number of hydrogen-bond acceptors (Lipinski definition) is 4. The van der Waals surface area contributed by atoms with Crippen molar-refractivity contribution in [1.82, 2.24) is 10.6 Å². The fourth-order valence-electron chi connectivity index (χ4n) is 3.57. The van der Waals surface area contributed by atoms with Crippen LogP contribution in [0.2, 0.25) is 0 Å². The minimum Gasteiger partial charge on any atom is -0.490 e. The van der Waals surface area contributed by atoms with Crippen molar-refractivity contribution in [2.75, 3.05) is 6.54 Å². The summed E-state index contributed by atoms with van der Waals surface area (Å²) in [5.41, 5.74) is 9.55. The number of ether oxygens (including phenoxy) is 1. The van der Waals surface area contributed by atoms with Crippen LogP contribution in [0.3, 0.4) is 0 Å². The molecule has 35 heavy (non-hydrogen) atoms. The van der Waals surface area contributed by atoms with E-state index in [2.05, 4.69) is 69.6 Å². The molecule has 0 aliphatic rings. The van der Waals surface area contributed by atoms with Crippen molar-refractivity contribution >= 4 is 34.4 Å². The second kappa shape index (κ2) is 12.7. The number of carbonyl (C=O) groups excluding carboxylic acids is 2. The van der Waals surface area contributed by atoms with Crippen LogP contribution in [0.25, 0.3) is 11.1 Å². The lowest BCUT2D eigenvalue weighted by atomic mass is 10.0. The van der Waals surface area contributed by atoms with Gasteiger partial charge in [0.15, 0.2) is 0 Å². The maximum absolute atomic E-state index is 13.1. The zero-order valence-electron chi connectivity index (χ0n) is 20.3. The van der Waals surface area contributed by atoms with Gasteiger partial charge in [-0.05, 0) is 84.7 Å². The zero-order chi connectivity index (χ0) is 25.4. The quantitative estimate of drug-likeness (QED) is 0.305. The average molecular weight is 585 g/mol. The molecule has 6 nitrogen and oxygen atoms in total. The van der Waals surface area contributed by atoms with Crippen LogP contribution in [0.1, 0.15) is 36.7 Å². The predicted molar refractivity (Wildman–Crippen MR) is 148 cm³/mol. The summed E-state index contributed by atoms with van der Waals surface area (Å²) in [5.74, 6) is 0.282. The Morgan fingerprint density at radius 2 is 1.60 bits per heavy atom. The molecule has 184 valence electrons. The van der Waals surface area contributed by atoms with Gasteiger partial charge in [0.25, 0.3) is 5.91 Å². The van der Waals surface area contributed by atoms with Gasteiger partial charge in [0, 0.05) is 12.1 Å². The van der Waals surface area contributed by atoms with E-state index in [0.29, 0.717) is 12.0 Å². The highest BCUT2D eigenvalue weighted by atomic mass is 127. The monoisotopic (exact) mass is 585 g/mol. The number of benzene rings is 3. The number of rotatable bonds is 10. The van der Waals surface area contributed by atoms with Gasteiger partial charge in [0.05, 0.1) is 21.8 Å². The van der Waals surface area contributed by atoms with Crippen molar-refractivity contribution in [2.45, 2.75) is 45.4 Å². The van der Waals surface area contributed by atoms with Gasteiger partial charge in [-0.25, -0.2) is 0 Å². The van der Waals surface area contributed by atoms with Crippen LogP contribution >= 0.6 is 22.6 Å². The first-order valence-electron chi connectivity index (χ1n) is 11.7. The number of hydrogen-bond donors (Lipinski definition) is 3. The maximum atomic E-state index is 13.1. The Labute approximate surface area is 220 Å². The summed E-state index contributed by atoms with van der Waals surface area (Å²) < 4.78 is 6.63. The highest BCUT2D eigenvalue weighted by molar-refractivity contribution is 14.1. The predicted octanol–water partition coefficient (Wildman–Crippen LogP) is 4.55. The molecule has 0 unspecified atom stereocenters. The minimum absolute atomic E-state index is 0.0504. The van der Waals surface area contributed by atoms with Crippen molar-refractivity contribution in [2.24, 2.45) is 5.73 Å². The Kier molecular flexibility index (Phi) is 9.68. The van der Waals surface area contributed by atoms with Crippen molar-refractivity contribution in [3.05, 3.63) is 87.5 Å². The molecule has 3 rings (SSSR count). The lowest BCUT2D eigenvalue weighted by molar-refractivity contribution is -0.122. The van der Waals surface area contributed by atoms with Gasteiger partial charge in [-0.1, -0.05) is 54.6 Å². The molecule has 0 radical (unpaired) electrons. The molecule has 7 heteroatoms. The number of amides is 2. The zero-order valence-corrected chi connectivity index (χ0v) is 22.4. The van der Waals surface area contributed by atoms with Gasteiger partial charge in [-0.3, -0.25) is 9.59 Å². The first-order chi connectivity index (χ1) is 16.7. The van der Waals surface area contributed by atoms with Crippen LogP contribution in [0.5, 0.6) is 5.75 Å². The second-order valence-corrected chi connectivity index (χ2v) is 9.95. The lowest BCUT2D eigenvalue weighted by Crippen LogP contribution is -2.48. The summed E-state index contributed by atoms with van der Waals surface area (Å²) in [6, 6.07) is 22.8. The molecule has 2 amide bonds. The molecule has 3 aromatic rings. The Balaban J connectivity index is 1.73. The molecule has 0 saturated carbocycles. The van der Waals surface area contributed by atoms with E-state index in [1.165, 1.54) is 0 Å². The number of nitrogens with two attached hydrogens (primary N) is 1.